The van der Waals surface area contributed by atoms with Crippen LogP contribution in [0.5, 0.6) is 0 Å². The van der Waals surface area contributed by atoms with Gasteiger partial charge in [-0.2, -0.15) is 5.10 Å². The Morgan fingerprint density at radius 1 is 1.63 bits per heavy atom. The molecule has 1 aliphatic heterocycles. The average molecular weight is 266 g/mol. The molecule has 2 heterocycles. The zero-order chi connectivity index (χ0) is 13.8. The Morgan fingerprint density at radius 2 is 2.42 bits per heavy atom. The van der Waals surface area contributed by atoms with Gasteiger partial charge in [0.1, 0.15) is 6.54 Å². The van der Waals surface area contributed by atoms with Gasteiger partial charge in [0.05, 0.1) is 11.9 Å². The molecule has 0 bridgehead atoms. The van der Waals surface area contributed by atoms with E-state index in [2.05, 4.69) is 22.7 Å². The molecular formula is C12H18N4O3. The lowest BCUT2D eigenvalue weighted by Crippen LogP contribution is -2.40. The zero-order valence-electron chi connectivity index (χ0n) is 10.8. The van der Waals surface area contributed by atoms with Crippen molar-refractivity contribution < 1.29 is 14.7 Å². The quantitative estimate of drug-likeness (QED) is 0.728. The van der Waals surface area contributed by atoms with E-state index in [-0.39, 0.29) is 18.4 Å². The Bertz CT molecular complexity index is 471. The fraction of sp³-hybridized carbons (Fsp3) is 0.583. The number of aliphatic carboxylic acids is 1. The van der Waals surface area contributed by atoms with Crippen molar-refractivity contribution >= 4 is 17.6 Å². The number of piperidine rings is 1. The number of hydrogen-bond acceptors (Lipinski definition) is 4. The number of nitrogens with one attached hydrogen (secondary N) is 2. The van der Waals surface area contributed by atoms with Crippen LogP contribution in [0.2, 0.25) is 0 Å². The number of carbonyl (C=O) groups excluding carboxylic acids is 1. The smallest absolute Gasteiger partial charge is 0.325 e. The Hall–Kier alpha value is -1.89. The third kappa shape index (κ3) is 3.78. The van der Waals surface area contributed by atoms with E-state index >= 15 is 0 Å². The van der Waals surface area contributed by atoms with Gasteiger partial charge < -0.3 is 15.7 Å². The number of amides is 1. The van der Waals surface area contributed by atoms with Crippen molar-refractivity contribution in [1.82, 2.24) is 15.1 Å². The van der Waals surface area contributed by atoms with Crippen LogP contribution in [0, 0.1) is 5.92 Å². The molecule has 1 aliphatic rings. The van der Waals surface area contributed by atoms with Gasteiger partial charge in [-0.25, -0.2) is 0 Å². The largest absolute Gasteiger partial charge is 0.480 e. The lowest BCUT2D eigenvalue weighted by atomic mass is 9.92. The second-order valence-corrected chi connectivity index (χ2v) is 4.89. The van der Waals surface area contributed by atoms with E-state index < -0.39 is 5.97 Å². The lowest BCUT2D eigenvalue weighted by Gasteiger charge is -2.26. The molecule has 104 valence electrons. The second-order valence-electron chi connectivity index (χ2n) is 4.89. The van der Waals surface area contributed by atoms with Gasteiger partial charge >= 0.3 is 5.97 Å². The molecule has 2 rings (SSSR count). The van der Waals surface area contributed by atoms with Crippen molar-refractivity contribution in [2.75, 3.05) is 11.9 Å². The van der Waals surface area contributed by atoms with Crippen LogP contribution in [0.3, 0.4) is 0 Å². The molecule has 1 aromatic heterocycles. The molecule has 19 heavy (non-hydrogen) atoms. The van der Waals surface area contributed by atoms with Crippen molar-refractivity contribution in [3.8, 4) is 0 Å². The summed E-state index contributed by atoms with van der Waals surface area (Å²) in [4.78, 5) is 22.6. The van der Waals surface area contributed by atoms with Gasteiger partial charge in [0, 0.05) is 18.2 Å². The molecule has 0 aromatic carbocycles. The van der Waals surface area contributed by atoms with Crippen molar-refractivity contribution in [3.05, 3.63) is 12.4 Å². The monoisotopic (exact) mass is 266 g/mol. The first kappa shape index (κ1) is 13.5. The van der Waals surface area contributed by atoms with E-state index in [0.29, 0.717) is 11.7 Å². The highest BCUT2D eigenvalue weighted by molar-refractivity contribution is 5.92. The number of hydrogen-bond donors (Lipinski definition) is 3. The number of anilines is 1. The first-order valence-electron chi connectivity index (χ1n) is 6.33. The number of aromatic nitrogens is 2. The van der Waals surface area contributed by atoms with E-state index in [9.17, 15) is 9.59 Å². The van der Waals surface area contributed by atoms with Gasteiger partial charge in [-0.3, -0.25) is 14.3 Å². The summed E-state index contributed by atoms with van der Waals surface area (Å²) in [5, 5.41) is 18.6. The summed E-state index contributed by atoms with van der Waals surface area (Å²) in [6.07, 6.45) is 4.62. The molecule has 0 radical (unpaired) electrons. The fourth-order valence-electron chi connectivity index (χ4n) is 2.27. The predicted molar refractivity (Wildman–Crippen MR) is 68.7 cm³/mol. The molecule has 1 amide bonds. The summed E-state index contributed by atoms with van der Waals surface area (Å²) in [6, 6.07) is 0.347. The van der Waals surface area contributed by atoms with Crippen LogP contribution < -0.4 is 10.6 Å². The van der Waals surface area contributed by atoms with Gasteiger partial charge in [-0.15, -0.1) is 0 Å². The number of carboxylic acid groups (broad SMARTS) is 1. The topological polar surface area (TPSA) is 96.2 Å². The SMILES string of the molecule is CC1CC(C(=O)Nc2cnn(CC(=O)O)c2)CCN1. The molecule has 2 unspecified atom stereocenters. The first-order valence-corrected chi connectivity index (χ1v) is 6.33. The molecule has 0 aliphatic carbocycles. The summed E-state index contributed by atoms with van der Waals surface area (Å²) in [5.74, 6) is -0.990. The molecule has 3 N–H and O–H groups in total. The average Bonchev–Trinajstić information content (AvgIpc) is 2.75. The van der Waals surface area contributed by atoms with Crippen LogP contribution >= 0.6 is 0 Å². The molecule has 2 atom stereocenters. The standard InChI is InChI=1S/C12H18N4O3/c1-8-4-9(2-3-13-8)12(19)15-10-5-14-16(6-10)7-11(17)18/h5-6,8-9,13H,2-4,7H2,1H3,(H,15,19)(H,17,18). The Labute approximate surface area is 111 Å². The third-order valence-corrected chi connectivity index (χ3v) is 3.19. The number of carboxylic acids is 1. The minimum atomic E-state index is -0.965. The molecule has 1 aromatic rings. The maximum atomic E-state index is 12.1. The normalized spacial score (nSPS) is 23.0. The van der Waals surface area contributed by atoms with E-state index in [1.54, 1.807) is 0 Å². The van der Waals surface area contributed by atoms with Crippen LogP contribution in [0.4, 0.5) is 5.69 Å². The zero-order valence-corrected chi connectivity index (χ0v) is 10.8. The van der Waals surface area contributed by atoms with Crippen LogP contribution in [-0.2, 0) is 16.1 Å². The molecule has 1 fully saturated rings. The Balaban J connectivity index is 1.91. The van der Waals surface area contributed by atoms with E-state index in [1.165, 1.54) is 17.1 Å². The Kier molecular flexibility index (Phi) is 4.16. The van der Waals surface area contributed by atoms with Gasteiger partial charge in [0.2, 0.25) is 5.91 Å². The molecule has 1 saturated heterocycles. The highest BCUT2D eigenvalue weighted by Crippen LogP contribution is 2.18. The third-order valence-electron chi connectivity index (χ3n) is 3.19. The van der Waals surface area contributed by atoms with Gasteiger partial charge in [-0.05, 0) is 26.3 Å². The van der Waals surface area contributed by atoms with Crippen LogP contribution in [0.15, 0.2) is 12.4 Å². The van der Waals surface area contributed by atoms with Crippen LogP contribution in [0.1, 0.15) is 19.8 Å². The summed E-state index contributed by atoms with van der Waals surface area (Å²) in [6.45, 7) is 2.70. The van der Waals surface area contributed by atoms with Crippen molar-refractivity contribution in [2.24, 2.45) is 5.92 Å². The van der Waals surface area contributed by atoms with Crippen LogP contribution in [-0.4, -0.2) is 39.4 Å². The van der Waals surface area contributed by atoms with Crippen molar-refractivity contribution in [1.29, 1.82) is 0 Å². The van der Waals surface area contributed by atoms with Gasteiger partial charge in [0.15, 0.2) is 0 Å². The molecule has 0 spiro atoms. The predicted octanol–water partition coefficient (Wildman–Crippen LogP) is 0.294. The second kappa shape index (κ2) is 5.83. The Morgan fingerprint density at radius 3 is 3.11 bits per heavy atom. The van der Waals surface area contributed by atoms with Crippen molar-refractivity contribution in [2.45, 2.75) is 32.4 Å². The molecular weight excluding hydrogens is 248 g/mol. The highest BCUT2D eigenvalue weighted by Gasteiger charge is 2.24. The summed E-state index contributed by atoms with van der Waals surface area (Å²) in [7, 11) is 0. The van der Waals surface area contributed by atoms with E-state index in [4.69, 9.17) is 5.11 Å². The van der Waals surface area contributed by atoms with E-state index in [1.807, 2.05) is 0 Å². The summed E-state index contributed by atoms with van der Waals surface area (Å²) < 4.78 is 1.28. The maximum Gasteiger partial charge on any atom is 0.325 e. The lowest BCUT2D eigenvalue weighted by molar-refractivity contribution is -0.137. The van der Waals surface area contributed by atoms with Gasteiger partial charge in [0.25, 0.3) is 0 Å². The van der Waals surface area contributed by atoms with Crippen LogP contribution in [0.25, 0.3) is 0 Å². The minimum absolute atomic E-state index is 0.000858. The van der Waals surface area contributed by atoms with E-state index in [0.717, 1.165) is 19.4 Å². The number of rotatable bonds is 4. The molecule has 7 nitrogen and oxygen atoms in total. The maximum absolute atomic E-state index is 12.1. The van der Waals surface area contributed by atoms with Crippen molar-refractivity contribution in [3.63, 3.8) is 0 Å². The first-order chi connectivity index (χ1) is 9.04. The molecule has 0 saturated carbocycles. The summed E-state index contributed by atoms with van der Waals surface area (Å²) in [5.41, 5.74) is 0.539. The fourth-order valence-corrected chi connectivity index (χ4v) is 2.27. The number of nitrogens with zero attached hydrogens (tertiary/aromatic N) is 2. The minimum Gasteiger partial charge on any atom is -0.480 e. The molecule has 7 heteroatoms. The number of carbonyl (C=O) groups is 2. The highest BCUT2D eigenvalue weighted by atomic mass is 16.4. The van der Waals surface area contributed by atoms with Gasteiger partial charge in [-0.1, -0.05) is 0 Å². The summed E-state index contributed by atoms with van der Waals surface area (Å²) >= 11 is 0.